The molecule has 128 valence electrons. The largest absolute Gasteiger partial charge is 0.399 e. The Morgan fingerprint density at radius 3 is 1.20 bits per heavy atom. The van der Waals surface area contributed by atoms with Crippen LogP contribution < -0.4 is 16.4 Å². The first kappa shape index (κ1) is 16.9. The molecule has 4 N–H and O–H groups in total. The van der Waals surface area contributed by atoms with Crippen LogP contribution in [-0.4, -0.2) is 0 Å². The first-order valence-corrected chi connectivity index (χ1v) is 8.46. The van der Waals surface area contributed by atoms with Gasteiger partial charge in [-0.05, 0) is 71.6 Å². The van der Waals surface area contributed by atoms with E-state index in [1.165, 1.54) is 5.56 Å². The van der Waals surface area contributed by atoms with Crippen LogP contribution in [0.1, 0.15) is 26.3 Å². The van der Waals surface area contributed by atoms with Gasteiger partial charge in [0, 0.05) is 28.4 Å². The van der Waals surface area contributed by atoms with Gasteiger partial charge in [-0.1, -0.05) is 32.9 Å². The molecule has 0 aliphatic heterocycles. The average molecular weight is 331 g/mol. The summed E-state index contributed by atoms with van der Waals surface area (Å²) in [6.07, 6.45) is 0. The van der Waals surface area contributed by atoms with Crippen LogP contribution in [0.4, 0.5) is 28.4 Å². The summed E-state index contributed by atoms with van der Waals surface area (Å²) in [7, 11) is 0. The lowest BCUT2D eigenvalue weighted by atomic mass is 9.87. The Kier molecular flexibility index (Phi) is 4.41. The van der Waals surface area contributed by atoms with Crippen LogP contribution in [0.5, 0.6) is 0 Å². The summed E-state index contributed by atoms with van der Waals surface area (Å²) in [5.41, 5.74) is 17.9. The van der Waals surface area contributed by atoms with Crippen molar-refractivity contribution in [2.75, 3.05) is 16.4 Å². The molecule has 0 saturated heterocycles. The molecule has 3 nitrogen and oxygen atoms in total. The molecule has 3 aromatic carbocycles. The zero-order valence-corrected chi connectivity index (χ0v) is 15.0. The third kappa shape index (κ3) is 3.77. The molecule has 25 heavy (non-hydrogen) atoms. The molecule has 0 bridgehead atoms. The monoisotopic (exact) mass is 331 g/mol. The highest BCUT2D eigenvalue weighted by atomic mass is 15.1. The molecule has 3 aromatic rings. The predicted molar refractivity (Wildman–Crippen MR) is 109 cm³/mol. The standard InChI is InChI=1S/C22H25N3/c1-22(2,3)16-4-10-19(11-5-16)25(20-12-6-17(23)7-13-20)21-14-8-18(24)9-15-21/h4-15H,23-24H2,1-3H3. The van der Waals surface area contributed by atoms with Crippen LogP contribution in [0.15, 0.2) is 72.8 Å². The molecule has 0 saturated carbocycles. The van der Waals surface area contributed by atoms with Crippen LogP contribution in [0.25, 0.3) is 0 Å². The molecule has 0 aliphatic carbocycles. The number of benzene rings is 3. The minimum Gasteiger partial charge on any atom is -0.399 e. The van der Waals surface area contributed by atoms with Crippen LogP contribution >= 0.6 is 0 Å². The summed E-state index contributed by atoms with van der Waals surface area (Å²) in [6, 6.07) is 24.5. The van der Waals surface area contributed by atoms with E-state index in [1.54, 1.807) is 0 Å². The van der Waals surface area contributed by atoms with Gasteiger partial charge in [0.15, 0.2) is 0 Å². The SMILES string of the molecule is CC(C)(C)c1ccc(N(c2ccc(N)cc2)c2ccc(N)cc2)cc1. The van der Waals surface area contributed by atoms with Gasteiger partial charge in [0.25, 0.3) is 0 Å². The van der Waals surface area contributed by atoms with E-state index in [2.05, 4.69) is 49.9 Å². The first-order valence-electron chi connectivity index (χ1n) is 8.46. The van der Waals surface area contributed by atoms with Crippen LogP contribution in [0.3, 0.4) is 0 Å². The third-order valence-corrected chi connectivity index (χ3v) is 4.29. The lowest BCUT2D eigenvalue weighted by Gasteiger charge is -2.27. The van der Waals surface area contributed by atoms with E-state index in [4.69, 9.17) is 11.5 Å². The Hall–Kier alpha value is -2.94. The minimum absolute atomic E-state index is 0.131. The zero-order chi connectivity index (χ0) is 18.0. The fraction of sp³-hybridized carbons (Fsp3) is 0.182. The molecule has 0 aliphatic rings. The maximum Gasteiger partial charge on any atom is 0.0463 e. The average Bonchev–Trinajstić information content (AvgIpc) is 2.58. The Labute approximate surface area is 149 Å². The Morgan fingerprint density at radius 1 is 0.560 bits per heavy atom. The number of hydrogen-bond acceptors (Lipinski definition) is 3. The van der Waals surface area contributed by atoms with Crippen molar-refractivity contribution in [3.63, 3.8) is 0 Å². The second kappa shape index (κ2) is 6.52. The predicted octanol–water partition coefficient (Wildman–Crippen LogP) is 5.62. The molecule has 0 atom stereocenters. The van der Waals surface area contributed by atoms with Crippen LogP contribution in [0, 0.1) is 0 Å². The van der Waals surface area contributed by atoms with Gasteiger partial charge < -0.3 is 16.4 Å². The Balaban J connectivity index is 2.07. The maximum atomic E-state index is 5.86. The van der Waals surface area contributed by atoms with Crippen molar-refractivity contribution in [2.24, 2.45) is 0 Å². The van der Waals surface area contributed by atoms with Crippen molar-refractivity contribution in [3.05, 3.63) is 78.4 Å². The number of anilines is 5. The number of nitrogens with two attached hydrogens (primary N) is 2. The fourth-order valence-corrected chi connectivity index (χ4v) is 2.80. The summed E-state index contributed by atoms with van der Waals surface area (Å²) in [5, 5.41) is 0. The van der Waals surface area contributed by atoms with Gasteiger partial charge in [-0.3, -0.25) is 0 Å². The highest BCUT2D eigenvalue weighted by Crippen LogP contribution is 2.36. The summed E-state index contributed by atoms with van der Waals surface area (Å²) < 4.78 is 0. The lowest BCUT2D eigenvalue weighted by Crippen LogP contribution is -2.13. The van der Waals surface area contributed by atoms with E-state index in [-0.39, 0.29) is 5.41 Å². The van der Waals surface area contributed by atoms with Crippen molar-refractivity contribution in [2.45, 2.75) is 26.2 Å². The summed E-state index contributed by atoms with van der Waals surface area (Å²) in [5.74, 6) is 0. The molecular formula is C22H25N3. The summed E-state index contributed by atoms with van der Waals surface area (Å²) >= 11 is 0. The van der Waals surface area contributed by atoms with Crippen LogP contribution in [0.2, 0.25) is 0 Å². The van der Waals surface area contributed by atoms with Gasteiger partial charge >= 0.3 is 0 Å². The molecule has 0 radical (unpaired) electrons. The van der Waals surface area contributed by atoms with Crippen molar-refractivity contribution < 1.29 is 0 Å². The van der Waals surface area contributed by atoms with Gasteiger partial charge in [0.2, 0.25) is 0 Å². The van der Waals surface area contributed by atoms with Gasteiger partial charge in [-0.25, -0.2) is 0 Å². The van der Waals surface area contributed by atoms with E-state index in [9.17, 15) is 0 Å². The van der Waals surface area contributed by atoms with E-state index in [0.29, 0.717) is 0 Å². The lowest BCUT2D eigenvalue weighted by molar-refractivity contribution is 0.590. The molecule has 3 heteroatoms. The molecule has 0 aromatic heterocycles. The van der Waals surface area contributed by atoms with Gasteiger partial charge in [-0.2, -0.15) is 0 Å². The van der Waals surface area contributed by atoms with Crippen molar-refractivity contribution in [1.29, 1.82) is 0 Å². The van der Waals surface area contributed by atoms with Gasteiger partial charge in [0.1, 0.15) is 0 Å². The van der Waals surface area contributed by atoms with E-state index < -0.39 is 0 Å². The van der Waals surface area contributed by atoms with Gasteiger partial charge in [0.05, 0.1) is 0 Å². The smallest absolute Gasteiger partial charge is 0.0463 e. The zero-order valence-electron chi connectivity index (χ0n) is 15.0. The minimum atomic E-state index is 0.131. The van der Waals surface area contributed by atoms with Crippen molar-refractivity contribution in [3.8, 4) is 0 Å². The molecule has 0 amide bonds. The maximum absolute atomic E-state index is 5.86. The van der Waals surface area contributed by atoms with E-state index in [0.717, 1.165) is 28.4 Å². The second-order valence-corrected chi connectivity index (χ2v) is 7.32. The summed E-state index contributed by atoms with van der Waals surface area (Å²) in [4.78, 5) is 2.20. The van der Waals surface area contributed by atoms with Crippen molar-refractivity contribution >= 4 is 28.4 Å². The topological polar surface area (TPSA) is 55.3 Å². The Bertz CT molecular complexity index is 781. The fourth-order valence-electron chi connectivity index (χ4n) is 2.80. The van der Waals surface area contributed by atoms with Gasteiger partial charge in [-0.15, -0.1) is 0 Å². The number of nitrogen functional groups attached to an aromatic ring is 2. The van der Waals surface area contributed by atoms with E-state index in [1.807, 2.05) is 48.5 Å². The normalized spacial score (nSPS) is 11.3. The highest BCUT2D eigenvalue weighted by molar-refractivity contribution is 5.77. The summed E-state index contributed by atoms with van der Waals surface area (Å²) in [6.45, 7) is 6.67. The Morgan fingerprint density at radius 2 is 0.880 bits per heavy atom. The quantitative estimate of drug-likeness (QED) is 0.613. The number of hydrogen-bond donors (Lipinski definition) is 2. The molecular weight excluding hydrogens is 306 g/mol. The molecule has 0 spiro atoms. The van der Waals surface area contributed by atoms with E-state index >= 15 is 0 Å². The van der Waals surface area contributed by atoms with Crippen molar-refractivity contribution in [1.82, 2.24) is 0 Å². The number of rotatable bonds is 3. The van der Waals surface area contributed by atoms with Crippen LogP contribution in [-0.2, 0) is 5.41 Å². The first-order chi connectivity index (χ1) is 11.8. The highest BCUT2D eigenvalue weighted by Gasteiger charge is 2.16. The molecule has 0 unspecified atom stereocenters. The number of nitrogens with zero attached hydrogens (tertiary/aromatic N) is 1. The third-order valence-electron chi connectivity index (χ3n) is 4.29. The molecule has 3 rings (SSSR count). The molecule has 0 fully saturated rings. The second-order valence-electron chi connectivity index (χ2n) is 7.32. The molecule has 0 heterocycles.